The molecule has 0 radical (unpaired) electrons. The minimum Gasteiger partial charge on any atom is -0.394 e. The molecular weight excluding hydrogens is 1150 g/mol. The Balaban J connectivity index is 1.18. The van der Waals surface area contributed by atoms with Gasteiger partial charge in [-0.3, -0.25) is 4.79 Å². The maximum Gasteiger partial charge on any atom is 0.220 e. The number of amides is 1. The molecule has 19 nitrogen and oxygen atoms in total. The molecule has 3 fully saturated rings. The molecule has 17 atom stereocenters. The van der Waals surface area contributed by atoms with E-state index in [9.17, 15) is 61.0 Å². The van der Waals surface area contributed by atoms with Crippen molar-refractivity contribution >= 4 is 5.91 Å². The van der Waals surface area contributed by atoms with Crippen molar-refractivity contribution in [3.63, 3.8) is 0 Å². The topological polar surface area (TPSA) is 307 Å². The van der Waals surface area contributed by atoms with E-state index >= 15 is 0 Å². The Hall–Kier alpha value is -1.99. The summed E-state index contributed by atoms with van der Waals surface area (Å²) in [6.07, 6.45) is 37.3. The number of ether oxygens (including phenoxy) is 6. The van der Waals surface area contributed by atoms with Gasteiger partial charge in [0.25, 0.3) is 0 Å². The van der Waals surface area contributed by atoms with Crippen LogP contribution in [0.4, 0.5) is 0 Å². The smallest absolute Gasteiger partial charge is 0.220 e. The fourth-order valence-electron chi connectivity index (χ4n) is 12.3. The van der Waals surface area contributed by atoms with Crippen molar-refractivity contribution in [1.29, 1.82) is 0 Å². The summed E-state index contributed by atoms with van der Waals surface area (Å²) in [4.78, 5) is 13.2. The number of nitrogens with one attached hydrogen (secondary N) is 1. The molecule has 0 spiro atoms. The van der Waals surface area contributed by atoms with Crippen molar-refractivity contribution in [3.8, 4) is 0 Å². The Kier molecular flexibility index (Phi) is 48.6. The zero-order chi connectivity index (χ0) is 65.4. The van der Waals surface area contributed by atoms with Gasteiger partial charge in [-0.05, 0) is 44.9 Å². The van der Waals surface area contributed by atoms with Gasteiger partial charge in [-0.15, -0.1) is 0 Å². The van der Waals surface area contributed by atoms with Crippen molar-refractivity contribution < 1.29 is 89.4 Å². The summed E-state index contributed by atoms with van der Waals surface area (Å²) in [5.41, 5.74) is 0. The number of hydrogen-bond donors (Lipinski definition) is 12. The summed E-state index contributed by atoms with van der Waals surface area (Å²) >= 11 is 0. The highest BCUT2D eigenvalue weighted by Gasteiger charge is 2.53. The van der Waals surface area contributed by atoms with Crippen LogP contribution >= 0.6 is 0 Å². The zero-order valence-corrected chi connectivity index (χ0v) is 55.9. The largest absolute Gasteiger partial charge is 0.394 e. The van der Waals surface area contributed by atoms with Crippen LogP contribution in [0.25, 0.3) is 0 Å². The van der Waals surface area contributed by atoms with Gasteiger partial charge in [-0.2, -0.15) is 0 Å². The molecule has 3 heterocycles. The molecule has 1 amide bonds. The van der Waals surface area contributed by atoms with Gasteiger partial charge in [0.15, 0.2) is 18.9 Å². The summed E-state index contributed by atoms with van der Waals surface area (Å²) in [5, 5.41) is 119. The van der Waals surface area contributed by atoms with Gasteiger partial charge in [0, 0.05) is 6.42 Å². The van der Waals surface area contributed by atoms with Gasteiger partial charge in [0.1, 0.15) is 73.2 Å². The molecule has 90 heavy (non-hydrogen) atoms. The molecule has 3 saturated heterocycles. The van der Waals surface area contributed by atoms with Crippen LogP contribution in [0.3, 0.4) is 0 Å². The van der Waals surface area contributed by atoms with Crippen molar-refractivity contribution in [2.75, 3.05) is 26.4 Å². The Labute approximate surface area is 542 Å². The van der Waals surface area contributed by atoms with Gasteiger partial charge in [-0.1, -0.05) is 262 Å². The standard InChI is InChI=1S/C71H131NO18/c1-3-5-7-9-10-11-12-13-14-15-16-17-18-19-20-21-22-23-24-25-26-27-28-29-30-31-32-33-34-35-36-37-38-39-40-41-42-43-44-45-47-49-59(77)72-54(55(76)48-46-8-6-4-2)53-85-69-65(83)62(80)67(57(51-74)87-69)90-71-66(84)63(81)68(58(52-75)88-71)89-70-64(82)61(79)60(78)56(50-73)86-70/h12-13,15-16,46,48,54-58,60-71,73-76,78-84H,3-11,14,17-45,47,49-53H2,1-2H3,(H,72,77)/b13-12-,16-15-,48-46+. The first kappa shape index (κ1) is 82.2. The lowest BCUT2D eigenvalue weighted by molar-refractivity contribution is -0.379. The predicted octanol–water partition coefficient (Wildman–Crippen LogP) is 10.00. The predicted molar refractivity (Wildman–Crippen MR) is 351 cm³/mol. The van der Waals surface area contributed by atoms with Gasteiger partial charge in [0.05, 0.1) is 38.6 Å². The number of aliphatic hydroxyl groups excluding tert-OH is 11. The number of carbonyl (C=O) groups is 1. The van der Waals surface area contributed by atoms with E-state index in [0.29, 0.717) is 12.8 Å². The number of unbranched alkanes of at least 4 members (excludes halogenated alkanes) is 36. The van der Waals surface area contributed by atoms with E-state index in [4.69, 9.17) is 28.4 Å². The van der Waals surface area contributed by atoms with E-state index in [2.05, 4.69) is 36.5 Å². The maximum absolute atomic E-state index is 13.2. The van der Waals surface area contributed by atoms with Crippen molar-refractivity contribution in [3.05, 3.63) is 36.5 Å². The second-order valence-electron chi connectivity index (χ2n) is 26.1. The normalized spacial score (nSPS) is 28.2. The van der Waals surface area contributed by atoms with Crippen molar-refractivity contribution in [2.45, 2.75) is 381 Å². The van der Waals surface area contributed by atoms with E-state index < -0.39 is 124 Å². The summed E-state index contributed by atoms with van der Waals surface area (Å²) in [7, 11) is 0. The third-order valence-corrected chi connectivity index (χ3v) is 18.2. The van der Waals surface area contributed by atoms with Crippen LogP contribution in [-0.4, -0.2) is 193 Å². The first-order valence-corrected chi connectivity index (χ1v) is 36.2. The number of allylic oxidation sites excluding steroid dienone is 5. The Morgan fingerprint density at radius 2 is 0.744 bits per heavy atom. The molecule has 0 aromatic carbocycles. The summed E-state index contributed by atoms with van der Waals surface area (Å²) in [6, 6.07) is -0.966. The van der Waals surface area contributed by atoms with Gasteiger partial charge >= 0.3 is 0 Å². The molecule has 3 rings (SSSR count). The van der Waals surface area contributed by atoms with Gasteiger partial charge < -0.3 is 89.9 Å². The third kappa shape index (κ3) is 34.6. The van der Waals surface area contributed by atoms with Crippen LogP contribution in [-0.2, 0) is 33.2 Å². The second-order valence-corrected chi connectivity index (χ2v) is 26.1. The highest BCUT2D eigenvalue weighted by molar-refractivity contribution is 5.76. The third-order valence-electron chi connectivity index (χ3n) is 18.2. The van der Waals surface area contributed by atoms with E-state index in [-0.39, 0.29) is 18.9 Å². The highest BCUT2D eigenvalue weighted by atomic mass is 16.8. The van der Waals surface area contributed by atoms with Crippen molar-refractivity contribution in [1.82, 2.24) is 5.32 Å². The van der Waals surface area contributed by atoms with E-state index in [1.54, 1.807) is 6.08 Å². The fourth-order valence-corrected chi connectivity index (χ4v) is 12.3. The highest BCUT2D eigenvalue weighted by Crippen LogP contribution is 2.33. The van der Waals surface area contributed by atoms with Gasteiger partial charge in [0.2, 0.25) is 5.91 Å². The maximum atomic E-state index is 13.2. The van der Waals surface area contributed by atoms with Crippen LogP contribution in [0.5, 0.6) is 0 Å². The molecule has 0 bridgehead atoms. The average molecular weight is 1290 g/mol. The number of rotatable bonds is 56. The summed E-state index contributed by atoms with van der Waals surface area (Å²) in [6.45, 7) is 1.55. The fraction of sp³-hybridized carbons (Fsp3) is 0.901. The van der Waals surface area contributed by atoms with Crippen LogP contribution in [0.15, 0.2) is 36.5 Å². The Bertz CT molecular complexity index is 1780. The van der Waals surface area contributed by atoms with Crippen molar-refractivity contribution in [2.24, 2.45) is 0 Å². The summed E-state index contributed by atoms with van der Waals surface area (Å²) in [5.74, 6) is -0.281. The molecule has 0 saturated carbocycles. The van der Waals surface area contributed by atoms with E-state index in [0.717, 1.165) is 38.5 Å². The van der Waals surface area contributed by atoms with Crippen LogP contribution < -0.4 is 5.32 Å². The molecule has 528 valence electrons. The number of carbonyl (C=O) groups excluding carboxylic acids is 1. The van der Waals surface area contributed by atoms with E-state index in [1.165, 1.54) is 205 Å². The molecule has 19 heteroatoms. The van der Waals surface area contributed by atoms with Crippen LogP contribution in [0.1, 0.15) is 277 Å². The first-order valence-electron chi connectivity index (χ1n) is 36.2. The lowest BCUT2D eigenvalue weighted by Crippen LogP contribution is -2.66. The molecule has 12 N–H and O–H groups in total. The average Bonchev–Trinajstić information content (AvgIpc) is 1.01. The molecule has 17 unspecified atom stereocenters. The zero-order valence-electron chi connectivity index (χ0n) is 55.9. The molecule has 3 aliphatic rings. The quantitative estimate of drug-likeness (QED) is 0.0199. The first-order chi connectivity index (χ1) is 43.8. The van der Waals surface area contributed by atoms with E-state index in [1.807, 2.05) is 13.0 Å². The molecule has 0 aromatic rings. The lowest BCUT2D eigenvalue weighted by Gasteiger charge is -2.48. The summed E-state index contributed by atoms with van der Waals surface area (Å²) < 4.78 is 34.1. The monoisotopic (exact) mass is 1290 g/mol. The molecule has 3 aliphatic heterocycles. The molecular formula is C71H131NO18. The van der Waals surface area contributed by atoms with Gasteiger partial charge in [-0.25, -0.2) is 0 Å². The molecule has 0 aromatic heterocycles. The van der Waals surface area contributed by atoms with Crippen LogP contribution in [0, 0.1) is 0 Å². The minimum atomic E-state index is -1.97. The SMILES string of the molecule is CCCC/C=C/C(O)C(COC1OC(CO)C(OC2OC(CO)C(OC3OC(CO)C(O)C(O)C3O)C(O)C2O)C(O)C1O)NC(=O)CCCCCCCCCCCCCCCCCCCCCCCCCCCCCCC/C=C\C/C=C\CCCCCCC. The second kappa shape index (κ2) is 53.2. The minimum absolute atomic E-state index is 0.245. The number of hydrogen-bond acceptors (Lipinski definition) is 18. The Morgan fingerprint density at radius 1 is 0.400 bits per heavy atom. The number of aliphatic hydroxyl groups is 11. The Morgan fingerprint density at radius 3 is 1.16 bits per heavy atom. The lowest BCUT2D eigenvalue weighted by atomic mass is 9.96. The van der Waals surface area contributed by atoms with Crippen LogP contribution in [0.2, 0.25) is 0 Å². The molecule has 0 aliphatic carbocycles.